The van der Waals surface area contributed by atoms with Crippen molar-refractivity contribution in [2.45, 2.75) is 31.2 Å². The molecule has 100 valence electrons. The molecular weight excluding hydrogens is 243 g/mol. The van der Waals surface area contributed by atoms with Crippen LogP contribution in [0.5, 0.6) is 0 Å². The van der Waals surface area contributed by atoms with Gasteiger partial charge in [-0.05, 0) is 18.4 Å². The number of hydrogen-bond acceptors (Lipinski definition) is 2. The molecule has 2 nitrogen and oxygen atoms in total. The van der Waals surface area contributed by atoms with Gasteiger partial charge in [0.1, 0.15) is 6.61 Å². The molecule has 0 spiro atoms. The summed E-state index contributed by atoms with van der Waals surface area (Å²) >= 11 is 0. The fourth-order valence-corrected chi connectivity index (χ4v) is 1.70. The predicted octanol–water partition coefficient (Wildman–Crippen LogP) is 3.06. The highest BCUT2D eigenvalue weighted by Crippen LogP contribution is 2.24. The normalized spacial score (nSPS) is 17.7. The topological polar surface area (TPSA) is 21.3 Å². The SMILES string of the molecule is FC(F)(F)COC(CNC1CC1)c1ccccc1. The third-order valence-electron chi connectivity index (χ3n) is 2.79. The zero-order valence-electron chi connectivity index (χ0n) is 9.91. The smallest absolute Gasteiger partial charge is 0.363 e. The molecule has 18 heavy (non-hydrogen) atoms. The van der Waals surface area contributed by atoms with E-state index in [-0.39, 0.29) is 0 Å². The number of rotatable bonds is 6. The average molecular weight is 259 g/mol. The molecule has 0 amide bonds. The molecule has 0 aliphatic heterocycles. The molecule has 5 heteroatoms. The standard InChI is InChI=1S/C13H16F3NO/c14-13(15,16)9-18-12(8-17-11-6-7-11)10-4-2-1-3-5-10/h1-5,11-12,17H,6-9H2. The van der Waals surface area contributed by atoms with E-state index in [1.54, 1.807) is 24.3 Å². The van der Waals surface area contributed by atoms with Crippen LogP contribution in [0, 0.1) is 0 Å². The first-order valence-electron chi connectivity index (χ1n) is 6.01. The Balaban J connectivity index is 1.93. The zero-order valence-corrected chi connectivity index (χ0v) is 9.91. The molecule has 1 aromatic rings. The fraction of sp³-hybridized carbons (Fsp3) is 0.538. The summed E-state index contributed by atoms with van der Waals surface area (Å²) in [4.78, 5) is 0. The Morgan fingerprint density at radius 2 is 1.89 bits per heavy atom. The fourth-order valence-electron chi connectivity index (χ4n) is 1.70. The maximum Gasteiger partial charge on any atom is 0.411 e. The van der Waals surface area contributed by atoms with Gasteiger partial charge in [0.2, 0.25) is 0 Å². The van der Waals surface area contributed by atoms with Crippen molar-refractivity contribution in [3.63, 3.8) is 0 Å². The van der Waals surface area contributed by atoms with E-state index in [9.17, 15) is 13.2 Å². The van der Waals surface area contributed by atoms with Crippen molar-refractivity contribution in [3.8, 4) is 0 Å². The lowest BCUT2D eigenvalue weighted by molar-refractivity contribution is -0.185. The van der Waals surface area contributed by atoms with Crippen molar-refractivity contribution in [1.82, 2.24) is 5.32 Å². The third kappa shape index (κ3) is 4.66. The summed E-state index contributed by atoms with van der Waals surface area (Å²) in [7, 11) is 0. The number of nitrogens with one attached hydrogen (secondary N) is 1. The summed E-state index contributed by atoms with van der Waals surface area (Å²) in [5, 5.41) is 3.20. The Bertz CT molecular complexity index is 362. The molecular formula is C13H16F3NO. The summed E-state index contributed by atoms with van der Waals surface area (Å²) in [5.41, 5.74) is 0.773. The second-order valence-electron chi connectivity index (χ2n) is 4.51. The number of benzene rings is 1. The van der Waals surface area contributed by atoms with Gasteiger partial charge in [-0.3, -0.25) is 0 Å². The van der Waals surface area contributed by atoms with Gasteiger partial charge < -0.3 is 10.1 Å². The molecule has 0 radical (unpaired) electrons. The van der Waals surface area contributed by atoms with Gasteiger partial charge in [0.05, 0.1) is 6.10 Å². The van der Waals surface area contributed by atoms with Crippen LogP contribution < -0.4 is 5.32 Å². The van der Waals surface area contributed by atoms with E-state index >= 15 is 0 Å². The summed E-state index contributed by atoms with van der Waals surface area (Å²) in [6.45, 7) is -0.788. The van der Waals surface area contributed by atoms with Crippen LogP contribution in [0.2, 0.25) is 0 Å². The molecule has 1 N–H and O–H groups in total. The molecule has 2 rings (SSSR count). The second-order valence-corrected chi connectivity index (χ2v) is 4.51. The molecule has 1 fully saturated rings. The van der Waals surface area contributed by atoms with Crippen molar-refractivity contribution < 1.29 is 17.9 Å². The minimum Gasteiger partial charge on any atom is -0.363 e. The first-order chi connectivity index (χ1) is 8.54. The number of hydrogen-bond donors (Lipinski definition) is 1. The van der Waals surface area contributed by atoms with Crippen molar-refractivity contribution in [3.05, 3.63) is 35.9 Å². The van der Waals surface area contributed by atoms with E-state index < -0.39 is 18.9 Å². The molecule has 1 aliphatic rings. The molecule has 1 aliphatic carbocycles. The summed E-state index contributed by atoms with van der Waals surface area (Å²) < 4.78 is 41.6. The Kier molecular flexibility index (Phi) is 4.24. The molecule has 1 atom stereocenters. The zero-order chi connectivity index (χ0) is 13.0. The summed E-state index contributed by atoms with van der Waals surface area (Å²) in [6.07, 6.45) is -2.64. The van der Waals surface area contributed by atoms with Crippen LogP contribution in [-0.4, -0.2) is 25.4 Å². The molecule has 0 bridgehead atoms. The lowest BCUT2D eigenvalue weighted by Gasteiger charge is -2.20. The van der Waals surface area contributed by atoms with Gasteiger partial charge in [-0.15, -0.1) is 0 Å². The highest BCUT2D eigenvalue weighted by Gasteiger charge is 2.30. The van der Waals surface area contributed by atoms with Crippen molar-refractivity contribution in [2.75, 3.05) is 13.2 Å². The maximum absolute atomic E-state index is 12.2. The maximum atomic E-state index is 12.2. The Labute approximate surface area is 104 Å². The van der Waals surface area contributed by atoms with Crippen LogP contribution in [0.4, 0.5) is 13.2 Å². The minimum absolute atomic E-state index is 0.421. The van der Waals surface area contributed by atoms with Gasteiger partial charge >= 0.3 is 6.18 Å². The number of ether oxygens (including phenoxy) is 1. The second kappa shape index (κ2) is 5.71. The molecule has 1 saturated carbocycles. The van der Waals surface area contributed by atoms with Crippen LogP contribution in [-0.2, 0) is 4.74 Å². The van der Waals surface area contributed by atoms with E-state index in [2.05, 4.69) is 5.32 Å². The van der Waals surface area contributed by atoms with Crippen LogP contribution in [0.3, 0.4) is 0 Å². The largest absolute Gasteiger partial charge is 0.411 e. The molecule has 0 heterocycles. The van der Waals surface area contributed by atoms with Crippen molar-refractivity contribution >= 4 is 0 Å². The molecule has 0 saturated heterocycles. The van der Waals surface area contributed by atoms with E-state index in [0.29, 0.717) is 12.6 Å². The van der Waals surface area contributed by atoms with Crippen molar-refractivity contribution in [1.29, 1.82) is 0 Å². The van der Waals surface area contributed by atoms with Gasteiger partial charge in [-0.2, -0.15) is 13.2 Å². The van der Waals surface area contributed by atoms with E-state index in [4.69, 9.17) is 4.74 Å². The first kappa shape index (κ1) is 13.4. The molecule has 1 unspecified atom stereocenters. The number of alkyl halides is 3. The quantitative estimate of drug-likeness (QED) is 0.847. The Hall–Kier alpha value is -1.07. The third-order valence-corrected chi connectivity index (χ3v) is 2.79. The minimum atomic E-state index is -4.29. The highest BCUT2D eigenvalue weighted by atomic mass is 19.4. The molecule has 1 aromatic carbocycles. The van der Waals surface area contributed by atoms with Gasteiger partial charge in [0.25, 0.3) is 0 Å². The lowest BCUT2D eigenvalue weighted by Crippen LogP contribution is -2.28. The summed E-state index contributed by atoms with van der Waals surface area (Å²) in [6, 6.07) is 9.46. The Morgan fingerprint density at radius 3 is 2.44 bits per heavy atom. The predicted molar refractivity (Wildman–Crippen MR) is 62.2 cm³/mol. The van der Waals surface area contributed by atoms with Gasteiger partial charge in [-0.1, -0.05) is 30.3 Å². The number of halogens is 3. The van der Waals surface area contributed by atoms with Crippen LogP contribution in [0.25, 0.3) is 0 Å². The van der Waals surface area contributed by atoms with Crippen LogP contribution >= 0.6 is 0 Å². The average Bonchev–Trinajstić information content (AvgIpc) is 3.13. The van der Waals surface area contributed by atoms with E-state index in [0.717, 1.165) is 18.4 Å². The van der Waals surface area contributed by atoms with E-state index in [1.807, 2.05) is 6.07 Å². The van der Waals surface area contributed by atoms with Gasteiger partial charge in [0, 0.05) is 12.6 Å². The monoisotopic (exact) mass is 259 g/mol. The van der Waals surface area contributed by atoms with Crippen LogP contribution in [0.15, 0.2) is 30.3 Å². The van der Waals surface area contributed by atoms with E-state index in [1.165, 1.54) is 0 Å². The van der Waals surface area contributed by atoms with Gasteiger partial charge in [0.15, 0.2) is 0 Å². The Morgan fingerprint density at radius 1 is 1.22 bits per heavy atom. The van der Waals surface area contributed by atoms with Crippen molar-refractivity contribution in [2.24, 2.45) is 0 Å². The van der Waals surface area contributed by atoms with Gasteiger partial charge in [-0.25, -0.2) is 0 Å². The lowest BCUT2D eigenvalue weighted by atomic mass is 10.1. The first-order valence-corrected chi connectivity index (χ1v) is 6.01. The van der Waals surface area contributed by atoms with Crippen LogP contribution in [0.1, 0.15) is 24.5 Å². The highest BCUT2D eigenvalue weighted by molar-refractivity contribution is 5.18. The molecule has 0 aromatic heterocycles. The summed E-state index contributed by atoms with van der Waals surface area (Å²) in [5.74, 6) is 0.